The fourth-order valence-electron chi connectivity index (χ4n) is 4.53. The summed E-state index contributed by atoms with van der Waals surface area (Å²) in [4.78, 5) is 24.6. The minimum absolute atomic E-state index is 0.186. The van der Waals surface area contributed by atoms with Crippen molar-refractivity contribution in [2.75, 3.05) is 0 Å². The van der Waals surface area contributed by atoms with Crippen molar-refractivity contribution in [1.29, 1.82) is 0 Å². The standard InChI is InChI=1S/C30H21N3O5/c34-29(31-15-18-5-9-21(10-6-18)30(35)36)25-13-23(24-16-32-37-17-24)14-27-28(25)26(33-38-27)12-19-7-8-20-3-1-2-4-22(20)11-19/h1-11,13-14,16-17H,12,15H2,(H,31,34)(H,35,36). The van der Waals surface area contributed by atoms with Gasteiger partial charge in [0, 0.05) is 18.5 Å². The molecule has 0 radical (unpaired) electrons. The normalized spacial score (nSPS) is 11.2. The maximum atomic E-state index is 13.5. The SMILES string of the molecule is O=C(O)c1ccc(CNC(=O)c2cc(-c3cnoc3)cc3onc(Cc4ccc5ccccc5c4)c23)cc1. The Morgan fingerprint density at radius 2 is 1.66 bits per heavy atom. The molecular formula is C30H21N3O5. The lowest BCUT2D eigenvalue weighted by Crippen LogP contribution is -2.23. The van der Waals surface area contributed by atoms with E-state index in [9.17, 15) is 9.59 Å². The Morgan fingerprint density at radius 3 is 2.42 bits per heavy atom. The minimum atomic E-state index is -1.00. The third kappa shape index (κ3) is 4.51. The van der Waals surface area contributed by atoms with Gasteiger partial charge in [0.2, 0.25) is 0 Å². The molecule has 0 saturated carbocycles. The lowest BCUT2D eigenvalue weighted by Gasteiger charge is -2.09. The lowest BCUT2D eigenvalue weighted by atomic mass is 9.97. The molecule has 6 aromatic rings. The number of carbonyl (C=O) groups excluding carboxylic acids is 1. The fraction of sp³-hybridized carbons (Fsp3) is 0.0667. The van der Waals surface area contributed by atoms with Crippen molar-refractivity contribution in [1.82, 2.24) is 15.6 Å². The van der Waals surface area contributed by atoms with Crippen LogP contribution in [0.15, 0.2) is 100 Å². The fourth-order valence-corrected chi connectivity index (χ4v) is 4.53. The minimum Gasteiger partial charge on any atom is -0.478 e. The number of fused-ring (bicyclic) bond motifs is 2. The van der Waals surface area contributed by atoms with E-state index < -0.39 is 5.97 Å². The van der Waals surface area contributed by atoms with Crippen LogP contribution in [0.25, 0.3) is 32.9 Å². The van der Waals surface area contributed by atoms with E-state index >= 15 is 0 Å². The summed E-state index contributed by atoms with van der Waals surface area (Å²) in [5.74, 6) is -1.31. The summed E-state index contributed by atoms with van der Waals surface area (Å²) in [6.45, 7) is 0.225. The van der Waals surface area contributed by atoms with Crippen LogP contribution in [0.4, 0.5) is 0 Å². The summed E-state index contributed by atoms with van der Waals surface area (Å²) >= 11 is 0. The van der Waals surface area contributed by atoms with Crippen LogP contribution in [-0.4, -0.2) is 27.3 Å². The van der Waals surface area contributed by atoms with Crippen molar-refractivity contribution >= 4 is 33.6 Å². The van der Waals surface area contributed by atoms with Crippen molar-refractivity contribution < 1.29 is 23.7 Å². The van der Waals surface area contributed by atoms with Crippen LogP contribution in [-0.2, 0) is 13.0 Å². The predicted molar refractivity (Wildman–Crippen MR) is 141 cm³/mol. The van der Waals surface area contributed by atoms with Gasteiger partial charge < -0.3 is 19.5 Å². The molecule has 6 rings (SSSR count). The molecule has 0 aliphatic carbocycles. The Kier molecular flexibility index (Phi) is 5.89. The number of amides is 1. The molecule has 2 heterocycles. The van der Waals surface area contributed by atoms with E-state index in [1.165, 1.54) is 18.4 Å². The summed E-state index contributed by atoms with van der Waals surface area (Å²) in [6, 6.07) is 24.3. The van der Waals surface area contributed by atoms with Gasteiger partial charge in [-0.15, -0.1) is 0 Å². The van der Waals surface area contributed by atoms with Gasteiger partial charge in [0.15, 0.2) is 5.58 Å². The smallest absolute Gasteiger partial charge is 0.335 e. The number of nitrogens with one attached hydrogen (secondary N) is 1. The molecule has 0 unspecified atom stereocenters. The van der Waals surface area contributed by atoms with E-state index in [0.717, 1.165) is 21.9 Å². The first-order valence-electron chi connectivity index (χ1n) is 12.0. The van der Waals surface area contributed by atoms with Crippen LogP contribution in [0.1, 0.15) is 37.5 Å². The highest BCUT2D eigenvalue weighted by Gasteiger charge is 2.21. The highest BCUT2D eigenvalue weighted by molar-refractivity contribution is 6.08. The van der Waals surface area contributed by atoms with Crippen LogP contribution in [0.2, 0.25) is 0 Å². The maximum absolute atomic E-state index is 13.5. The Hall–Kier alpha value is -5.24. The van der Waals surface area contributed by atoms with Crippen LogP contribution < -0.4 is 5.32 Å². The van der Waals surface area contributed by atoms with Gasteiger partial charge in [-0.2, -0.15) is 0 Å². The molecule has 0 saturated heterocycles. The van der Waals surface area contributed by atoms with Crippen molar-refractivity contribution in [3.8, 4) is 11.1 Å². The zero-order valence-electron chi connectivity index (χ0n) is 20.0. The number of hydrogen-bond donors (Lipinski definition) is 2. The van der Waals surface area contributed by atoms with Gasteiger partial charge in [-0.25, -0.2) is 4.79 Å². The second-order valence-corrected chi connectivity index (χ2v) is 8.98. The second kappa shape index (κ2) is 9.67. The first-order chi connectivity index (χ1) is 18.5. The van der Waals surface area contributed by atoms with Gasteiger partial charge in [-0.3, -0.25) is 4.79 Å². The zero-order valence-corrected chi connectivity index (χ0v) is 20.0. The number of carboxylic acids is 1. The molecule has 0 spiro atoms. The van der Waals surface area contributed by atoms with Crippen LogP contribution >= 0.6 is 0 Å². The van der Waals surface area contributed by atoms with Gasteiger partial charge in [-0.1, -0.05) is 64.9 Å². The van der Waals surface area contributed by atoms with Gasteiger partial charge in [0.1, 0.15) is 6.26 Å². The summed E-state index contributed by atoms with van der Waals surface area (Å²) in [7, 11) is 0. The van der Waals surface area contributed by atoms with Crippen LogP contribution in [0.5, 0.6) is 0 Å². The molecular weight excluding hydrogens is 482 g/mol. The van der Waals surface area contributed by atoms with E-state index in [-0.39, 0.29) is 18.0 Å². The van der Waals surface area contributed by atoms with E-state index in [0.29, 0.717) is 39.8 Å². The monoisotopic (exact) mass is 503 g/mol. The topological polar surface area (TPSA) is 118 Å². The molecule has 0 bridgehead atoms. The average molecular weight is 504 g/mol. The van der Waals surface area contributed by atoms with Crippen LogP contribution in [0.3, 0.4) is 0 Å². The number of aromatic nitrogens is 2. The van der Waals surface area contributed by atoms with E-state index in [4.69, 9.17) is 14.2 Å². The summed E-state index contributed by atoms with van der Waals surface area (Å²) < 4.78 is 10.7. The number of carbonyl (C=O) groups is 2. The molecule has 0 atom stereocenters. The van der Waals surface area contributed by atoms with Crippen molar-refractivity contribution in [2.24, 2.45) is 0 Å². The lowest BCUT2D eigenvalue weighted by molar-refractivity contribution is 0.0696. The van der Waals surface area contributed by atoms with Crippen molar-refractivity contribution in [3.63, 3.8) is 0 Å². The van der Waals surface area contributed by atoms with Crippen molar-refractivity contribution in [2.45, 2.75) is 13.0 Å². The predicted octanol–water partition coefficient (Wildman–Crippen LogP) is 5.86. The summed E-state index contributed by atoms with van der Waals surface area (Å²) in [5.41, 5.74) is 4.98. The van der Waals surface area contributed by atoms with E-state index in [1.807, 2.05) is 18.2 Å². The molecule has 0 fully saturated rings. The number of benzene rings is 4. The highest BCUT2D eigenvalue weighted by Crippen LogP contribution is 2.31. The van der Waals surface area contributed by atoms with Gasteiger partial charge >= 0.3 is 5.97 Å². The molecule has 4 aromatic carbocycles. The molecule has 186 valence electrons. The summed E-state index contributed by atoms with van der Waals surface area (Å²) in [5, 5.41) is 23.1. The molecule has 38 heavy (non-hydrogen) atoms. The number of rotatable bonds is 7. The number of carboxylic acid groups (broad SMARTS) is 1. The maximum Gasteiger partial charge on any atom is 0.335 e. The third-order valence-corrected chi connectivity index (χ3v) is 6.49. The Bertz CT molecular complexity index is 1790. The molecule has 2 N–H and O–H groups in total. The average Bonchev–Trinajstić information content (AvgIpc) is 3.62. The Morgan fingerprint density at radius 1 is 0.868 bits per heavy atom. The highest BCUT2D eigenvalue weighted by atomic mass is 16.5. The van der Waals surface area contributed by atoms with Gasteiger partial charge in [0.05, 0.1) is 28.4 Å². The molecule has 0 aliphatic rings. The quantitative estimate of drug-likeness (QED) is 0.280. The van der Waals surface area contributed by atoms with Crippen molar-refractivity contribution in [3.05, 3.63) is 119 Å². The molecule has 2 aromatic heterocycles. The molecule has 1 amide bonds. The van der Waals surface area contributed by atoms with Crippen LogP contribution in [0, 0.1) is 0 Å². The van der Waals surface area contributed by atoms with Gasteiger partial charge in [0.25, 0.3) is 5.91 Å². The number of hydrogen-bond acceptors (Lipinski definition) is 6. The van der Waals surface area contributed by atoms with Gasteiger partial charge in [-0.05, 0) is 51.7 Å². The second-order valence-electron chi connectivity index (χ2n) is 8.98. The molecule has 8 nitrogen and oxygen atoms in total. The number of aromatic carboxylic acids is 1. The first-order valence-corrected chi connectivity index (χ1v) is 12.0. The number of nitrogens with zero attached hydrogens (tertiary/aromatic N) is 2. The Labute approximate surface area is 216 Å². The Balaban J connectivity index is 1.35. The van der Waals surface area contributed by atoms with E-state index in [2.05, 4.69) is 46.0 Å². The third-order valence-electron chi connectivity index (χ3n) is 6.49. The molecule has 8 heteroatoms. The molecule has 0 aliphatic heterocycles. The summed E-state index contributed by atoms with van der Waals surface area (Å²) in [6.07, 6.45) is 3.56. The largest absolute Gasteiger partial charge is 0.478 e. The zero-order chi connectivity index (χ0) is 26.1. The van der Waals surface area contributed by atoms with E-state index in [1.54, 1.807) is 24.4 Å². The first kappa shape index (κ1) is 23.2.